The van der Waals surface area contributed by atoms with Gasteiger partial charge >= 0.3 is 16.3 Å². The highest BCUT2D eigenvalue weighted by Crippen LogP contribution is 2.47. The van der Waals surface area contributed by atoms with Crippen LogP contribution in [0.1, 0.15) is 142 Å². The van der Waals surface area contributed by atoms with Gasteiger partial charge in [-0.25, -0.2) is 4.79 Å². The highest BCUT2D eigenvalue weighted by molar-refractivity contribution is 7.85. The monoisotopic (exact) mass is 604 g/mol. The van der Waals surface area contributed by atoms with Crippen molar-refractivity contribution in [3.63, 3.8) is 0 Å². The van der Waals surface area contributed by atoms with E-state index in [1.807, 2.05) is 24.3 Å². The van der Waals surface area contributed by atoms with Crippen molar-refractivity contribution in [1.29, 1.82) is 0 Å². The number of hydrogen-bond acceptors (Lipinski definition) is 5. The Balaban J connectivity index is 1.37. The molecule has 3 saturated carbocycles. The second-order valence-electron chi connectivity index (χ2n) is 13.0. The highest BCUT2D eigenvalue weighted by atomic mass is 32.2. The van der Waals surface area contributed by atoms with Crippen molar-refractivity contribution in [2.75, 3.05) is 0 Å². The van der Waals surface area contributed by atoms with E-state index < -0.39 is 21.7 Å². The van der Waals surface area contributed by atoms with Crippen LogP contribution in [0.3, 0.4) is 0 Å². The van der Waals surface area contributed by atoms with Gasteiger partial charge in [-0.15, -0.1) is 0 Å². The molecule has 0 aliphatic heterocycles. The molecule has 0 radical (unpaired) electrons. The van der Waals surface area contributed by atoms with Gasteiger partial charge in [-0.2, -0.15) is 8.42 Å². The van der Waals surface area contributed by atoms with Crippen molar-refractivity contribution in [2.45, 2.75) is 120 Å². The third-order valence-electron chi connectivity index (χ3n) is 10.0. The number of ether oxygens (including phenoxy) is 2. The molecule has 3 aromatic carbocycles. The molecular weight excluding hydrogens is 560 g/mol. The van der Waals surface area contributed by atoms with E-state index >= 15 is 0 Å². The van der Waals surface area contributed by atoms with E-state index in [2.05, 4.69) is 12.1 Å². The summed E-state index contributed by atoms with van der Waals surface area (Å²) in [6.07, 6.45) is 16.3. The maximum Gasteiger partial charge on any atom is 0.515 e. The standard InChI is InChI=1S/C36H44O6S/c37-36(42-35(43(38,39)40)30-21-20-26-14-10-11-19-29(26)22-30)41-34-32(27-15-6-2-7-16-27)23-31(25-12-4-1-5-13-25)24-33(34)28-17-8-3-9-18-28/h10-11,14,19-25,27-28,35H,1-9,12-13,15-18H2,(H,38,39,40). The van der Waals surface area contributed by atoms with Gasteiger partial charge in [0.2, 0.25) is 0 Å². The molecule has 0 saturated heterocycles. The van der Waals surface area contributed by atoms with E-state index in [1.165, 1.54) is 50.5 Å². The molecule has 0 aromatic heterocycles. The predicted octanol–water partition coefficient (Wildman–Crippen LogP) is 10.1. The zero-order valence-corrected chi connectivity index (χ0v) is 25.8. The van der Waals surface area contributed by atoms with Gasteiger partial charge in [0.25, 0.3) is 5.44 Å². The van der Waals surface area contributed by atoms with Gasteiger partial charge in [-0.05, 0) is 89.8 Å². The van der Waals surface area contributed by atoms with Gasteiger partial charge in [0.05, 0.1) is 0 Å². The molecule has 3 fully saturated rings. The van der Waals surface area contributed by atoms with Crippen molar-refractivity contribution < 1.29 is 27.2 Å². The third kappa shape index (κ3) is 7.09. The number of carbonyl (C=O) groups is 1. The Hall–Kier alpha value is -2.90. The van der Waals surface area contributed by atoms with E-state index in [4.69, 9.17) is 9.47 Å². The van der Waals surface area contributed by atoms with Gasteiger partial charge in [0.15, 0.2) is 0 Å². The van der Waals surface area contributed by atoms with Gasteiger partial charge < -0.3 is 9.47 Å². The molecule has 3 aromatic rings. The van der Waals surface area contributed by atoms with Gasteiger partial charge in [-0.3, -0.25) is 4.55 Å². The molecule has 6 rings (SSSR count). The van der Waals surface area contributed by atoms with E-state index in [-0.39, 0.29) is 5.56 Å². The maximum atomic E-state index is 13.5. The Morgan fingerprint density at radius 3 is 1.72 bits per heavy atom. The second kappa shape index (κ2) is 13.4. The van der Waals surface area contributed by atoms with Crippen molar-refractivity contribution in [2.24, 2.45) is 0 Å². The summed E-state index contributed by atoms with van der Waals surface area (Å²) in [6, 6.07) is 17.0. The summed E-state index contributed by atoms with van der Waals surface area (Å²) in [4.78, 5) is 13.5. The summed E-state index contributed by atoms with van der Waals surface area (Å²) in [7, 11) is -4.78. The Bertz CT molecular complexity index is 1490. The van der Waals surface area contributed by atoms with E-state index in [0.717, 1.165) is 73.3 Å². The van der Waals surface area contributed by atoms with Crippen LogP contribution in [0.15, 0.2) is 54.6 Å². The van der Waals surface area contributed by atoms with E-state index in [9.17, 15) is 17.8 Å². The first-order valence-corrected chi connectivity index (χ1v) is 17.9. The summed E-state index contributed by atoms with van der Waals surface area (Å²) in [6.45, 7) is 0. The molecule has 1 unspecified atom stereocenters. The first-order chi connectivity index (χ1) is 20.9. The van der Waals surface area contributed by atoms with Crippen molar-refractivity contribution in [3.05, 3.63) is 76.9 Å². The summed E-state index contributed by atoms with van der Waals surface area (Å²) in [5.74, 6) is 1.67. The molecule has 230 valence electrons. The summed E-state index contributed by atoms with van der Waals surface area (Å²) in [5.41, 5.74) is 1.81. The van der Waals surface area contributed by atoms with Crippen LogP contribution < -0.4 is 4.74 Å². The first kappa shape index (κ1) is 30.1. The Kier molecular flexibility index (Phi) is 9.39. The van der Waals surface area contributed by atoms with Gasteiger partial charge in [-0.1, -0.05) is 106 Å². The first-order valence-electron chi connectivity index (χ1n) is 16.4. The van der Waals surface area contributed by atoms with Gasteiger partial charge in [0, 0.05) is 5.56 Å². The number of benzene rings is 3. The largest absolute Gasteiger partial charge is 0.515 e. The van der Waals surface area contributed by atoms with Crippen molar-refractivity contribution in [3.8, 4) is 5.75 Å². The average molecular weight is 605 g/mol. The average Bonchev–Trinajstić information content (AvgIpc) is 3.04. The highest BCUT2D eigenvalue weighted by Gasteiger charge is 2.34. The van der Waals surface area contributed by atoms with Crippen molar-refractivity contribution in [1.82, 2.24) is 0 Å². The lowest BCUT2D eigenvalue weighted by Gasteiger charge is -2.31. The normalized spacial score (nSPS) is 20.1. The fourth-order valence-electron chi connectivity index (χ4n) is 7.77. The van der Waals surface area contributed by atoms with Gasteiger partial charge in [0.1, 0.15) is 5.75 Å². The lowest BCUT2D eigenvalue weighted by atomic mass is 9.75. The predicted molar refractivity (Wildman–Crippen MR) is 169 cm³/mol. The molecule has 0 amide bonds. The maximum absolute atomic E-state index is 13.5. The molecule has 0 spiro atoms. The molecule has 1 N–H and O–H groups in total. The molecule has 1 atom stereocenters. The number of rotatable bonds is 7. The molecule has 3 aliphatic carbocycles. The molecular formula is C36H44O6S. The molecule has 43 heavy (non-hydrogen) atoms. The second-order valence-corrected chi connectivity index (χ2v) is 14.4. The zero-order valence-electron chi connectivity index (χ0n) is 25.0. The number of hydrogen-bond donors (Lipinski definition) is 1. The lowest BCUT2D eigenvalue weighted by Crippen LogP contribution is -2.23. The summed E-state index contributed by atoms with van der Waals surface area (Å²) >= 11 is 0. The van der Waals surface area contributed by atoms with Crippen LogP contribution >= 0.6 is 0 Å². The minimum Gasteiger partial charge on any atom is -0.407 e. The van der Waals surface area contributed by atoms with Crippen molar-refractivity contribution >= 4 is 27.0 Å². The van der Waals surface area contributed by atoms with Crippen LogP contribution in [0.25, 0.3) is 10.8 Å². The third-order valence-corrected chi connectivity index (χ3v) is 10.9. The fraction of sp³-hybridized carbons (Fsp3) is 0.528. The topological polar surface area (TPSA) is 89.9 Å². The quantitative estimate of drug-likeness (QED) is 0.164. The Morgan fingerprint density at radius 1 is 0.674 bits per heavy atom. The molecule has 7 heteroatoms. The molecule has 0 bridgehead atoms. The van der Waals surface area contributed by atoms with Crippen LogP contribution in [0.4, 0.5) is 4.79 Å². The Morgan fingerprint density at radius 2 is 1.19 bits per heavy atom. The van der Waals surface area contributed by atoms with E-state index in [1.54, 1.807) is 18.2 Å². The number of fused-ring (bicyclic) bond motifs is 1. The Labute approximate surface area is 255 Å². The number of carbonyl (C=O) groups excluding carboxylic acids is 1. The summed E-state index contributed by atoms with van der Waals surface area (Å²) < 4.78 is 46.8. The van der Waals surface area contributed by atoms with Crippen LogP contribution in [-0.4, -0.2) is 19.1 Å². The smallest absolute Gasteiger partial charge is 0.407 e. The summed E-state index contributed by atoms with van der Waals surface area (Å²) in [5, 5.41) is 1.69. The minimum atomic E-state index is -4.78. The lowest BCUT2D eigenvalue weighted by molar-refractivity contribution is 0.0818. The molecule has 0 heterocycles. The fourth-order valence-corrected chi connectivity index (χ4v) is 8.46. The van der Waals surface area contributed by atoms with Crippen LogP contribution in [0.2, 0.25) is 0 Å². The molecule has 6 nitrogen and oxygen atoms in total. The van der Waals surface area contributed by atoms with Crippen LogP contribution in [-0.2, 0) is 14.9 Å². The minimum absolute atomic E-state index is 0.172. The SMILES string of the molecule is O=C(Oc1c(C2CCCCC2)cc(C2CCCCC2)cc1C1CCCCC1)OC(c1ccc2ccccc2c1)S(=O)(=O)O. The molecule has 3 aliphatic rings. The van der Waals surface area contributed by atoms with Crippen LogP contribution in [0, 0.1) is 0 Å². The van der Waals surface area contributed by atoms with E-state index in [0.29, 0.717) is 23.5 Å². The van der Waals surface area contributed by atoms with Crippen LogP contribution in [0.5, 0.6) is 5.75 Å². The zero-order chi connectivity index (χ0) is 29.8.